The van der Waals surface area contributed by atoms with Gasteiger partial charge in [-0.2, -0.15) is 0 Å². The molecule has 2 unspecified atom stereocenters. The summed E-state index contributed by atoms with van der Waals surface area (Å²) in [5.41, 5.74) is 1.32. The van der Waals surface area contributed by atoms with E-state index in [-0.39, 0.29) is 12.1 Å². The number of amides is 1. The first kappa shape index (κ1) is 20.2. The first-order valence-electron chi connectivity index (χ1n) is 8.77. The third-order valence-corrected chi connectivity index (χ3v) is 5.17. The maximum absolute atomic E-state index is 12.3. The van der Waals surface area contributed by atoms with Crippen LogP contribution in [0.5, 0.6) is 0 Å². The van der Waals surface area contributed by atoms with E-state index in [9.17, 15) is 4.79 Å². The Labute approximate surface area is 160 Å². The number of nitrogens with zero attached hydrogens (tertiary/aromatic N) is 1. The molecule has 1 amide bonds. The van der Waals surface area contributed by atoms with Crippen molar-refractivity contribution in [2.75, 3.05) is 18.4 Å². The lowest BCUT2D eigenvalue weighted by Crippen LogP contribution is -2.46. The summed E-state index contributed by atoms with van der Waals surface area (Å²) in [4.78, 5) is 14.1. The normalized spacial score (nSPS) is 19.5. The van der Waals surface area contributed by atoms with Crippen molar-refractivity contribution in [3.8, 4) is 0 Å². The van der Waals surface area contributed by atoms with Crippen LogP contribution in [0.2, 0.25) is 10.0 Å². The van der Waals surface area contributed by atoms with Crippen molar-refractivity contribution in [1.29, 1.82) is 0 Å². The van der Waals surface area contributed by atoms with Gasteiger partial charge in [0.05, 0.1) is 10.7 Å². The molecule has 0 aliphatic carbocycles. The van der Waals surface area contributed by atoms with Gasteiger partial charge in [0.15, 0.2) is 0 Å². The van der Waals surface area contributed by atoms with Crippen molar-refractivity contribution in [1.82, 2.24) is 4.90 Å². The summed E-state index contributed by atoms with van der Waals surface area (Å²) in [6.45, 7) is 11.1. The number of ether oxygens (including phenoxy) is 1. The maximum atomic E-state index is 12.3. The van der Waals surface area contributed by atoms with Crippen LogP contribution >= 0.6 is 23.2 Å². The third kappa shape index (κ3) is 5.68. The van der Waals surface area contributed by atoms with Crippen molar-refractivity contribution < 1.29 is 9.53 Å². The number of halogens is 2. The van der Waals surface area contributed by atoms with E-state index >= 15 is 0 Å². The molecule has 0 bridgehead atoms. The van der Waals surface area contributed by atoms with Crippen LogP contribution in [0.4, 0.5) is 10.5 Å². The number of piperidine rings is 1. The van der Waals surface area contributed by atoms with E-state index < -0.39 is 5.60 Å². The van der Waals surface area contributed by atoms with Crippen LogP contribution in [0, 0.1) is 12.8 Å². The molecule has 1 aromatic carbocycles. The number of hydrogen-bond donors (Lipinski definition) is 1. The quantitative estimate of drug-likeness (QED) is 0.718. The van der Waals surface area contributed by atoms with E-state index in [1.807, 2.05) is 39.8 Å². The number of carbonyl (C=O) groups is 1. The zero-order chi connectivity index (χ0) is 18.8. The van der Waals surface area contributed by atoms with Crippen molar-refractivity contribution in [2.24, 2.45) is 5.92 Å². The number of benzene rings is 1. The molecule has 2 rings (SSSR count). The second-order valence-corrected chi connectivity index (χ2v) is 8.66. The van der Waals surface area contributed by atoms with E-state index in [2.05, 4.69) is 12.2 Å². The Balaban J connectivity index is 2.01. The van der Waals surface area contributed by atoms with Crippen LogP contribution in [-0.4, -0.2) is 35.7 Å². The van der Waals surface area contributed by atoms with Crippen molar-refractivity contribution in [3.05, 3.63) is 27.7 Å². The summed E-state index contributed by atoms with van der Waals surface area (Å²) in [7, 11) is 0. The van der Waals surface area contributed by atoms with Crippen molar-refractivity contribution in [3.63, 3.8) is 0 Å². The molecule has 0 saturated carbocycles. The standard InChI is InChI=1S/C19H28Cl2N2O2/c1-12-9-16(21)17(10-15(12)20)22-13(2)14-7-6-8-23(11-14)18(24)25-19(3,4)5/h9-10,13-14,22H,6-8,11H2,1-5H3. The Kier molecular flexibility index (Phi) is 6.50. The van der Waals surface area contributed by atoms with Crippen molar-refractivity contribution >= 4 is 35.0 Å². The first-order valence-corrected chi connectivity index (χ1v) is 9.52. The third-order valence-electron chi connectivity index (χ3n) is 4.45. The average molecular weight is 387 g/mol. The minimum Gasteiger partial charge on any atom is -0.444 e. The van der Waals surface area contributed by atoms with Gasteiger partial charge in [0.25, 0.3) is 0 Å². The molecule has 1 saturated heterocycles. The summed E-state index contributed by atoms with van der Waals surface area (Å²) in [5.74, 6) is 0.331. The average Bonchev–Trinajstić information content (AvgIpc) is 2.51. The zero-order valence-electron chi connectivity index (χ0n) is 15.7. The number of rotatable bonds is 3. The summed E-state index contributed by atoms with van der Waals surface area (Å²) >= 11 is 12.5. The fraction of sp³-hybridized carbons (Fsp3) is 0.632. The summed E-state index contributed by atoms with van der Waals surface area (Å²) in [5, 5.41) is 4.81. The smallest absolute Gasteiger partial charge is 0.410 e. The zero-order valence-corrected chi connectivity index (χ0v) is 17.2. The molecular formula is C19H28Cl2N2O2. The van der Waals surface area contributed by atoms with Gasteiger partial charge < -0.3 is 15.0 Å². The lowest BCUT2D eigenvalue weighted by Gasteiger charge is -2.37. The van der Waals surface area contributed by atoms with Gasteiger partial charge in [-0.15, -0.1) is 0 Å². The molecule has 0 spiro atoms. The van der Waals surface area contributed by atoms with E-state index in [0.717, 1.165) is 30.6 Å². The summed E-state index contributed by atoms with van der Waals surface area (Å²) in [6.07, 6.45) is 1.80. The second kappa shape index (κ2) is 8.05. The number of hydrogen-bond acceptors (Lipinski definition) is 3. The molecule has 1 aliphatic heterocycles. The molecule has 1 aliphatic rings. The van der Waals surface area contributed by atoms with Crippen LogP contribution in [-0.2, 0) is 4.74 Å². The van der Waals surface area contributed by atoms with Crippen LogP contribution < -0.4 is 5.32 Å². The minimum atomic E-state index is -0.472. The fourth-order valence-electron chi connectivity index (χ4n) is 3.03. The lowest BCUT2D eigenvalue weighted by molar-refractivity contribution is 0.0159. The topological polar surface area (TPSA) is 41.6 Å². The van der Waals surface area contributed by atoms with Crippen molar-refractivity contribution in [2.45, 2.75) is 59.1 Å². The van der Waals surface area contributed by atoms with Gasteiger partial charge in [-0.25, -0.2) is 4.79 Å². The van der Waals surface area contributed by atoms with Gasteiger partial charge in [0.2, 0.25) is 0 Å². The molecule has 1 fully saturated rings. The molecule has 140 valence electrons. The number of aryl methyl sites for hydroxylation is 1. The van der Waals surface area contributed by atoms with Crippen LogP contribution in [0.3, 0.4) is 0 Å². The van der Waals surface area contributed by atoms with Crippen LogP contribution in [0.15, 0.2) is 12.1 Å². The Bertz CT molecular complexity index is 629. The Hall–Kier alpha value is -1.13. The van der Waals surface area contributed by atoms with E-state index in [4.69, 9.17) is 27.9 Å². The molecule has 6 heteroatoms. The van der Waals surface area contributed by atoms with Gasteiger partial charge >= 0.3 is 6.09 Å². The van der Waals surface area contributed by atoms with Gasteiger partial charge in [-0.1, -0.05) is 23.2 Å². The highest BCUT2D eigenvalue weighted by molar-refractivity contribution is 6.35. The van der Waals surface area contributed by atoms with Gasteiger partial charge in [-0.3, -0.25) is 0 Å². The van der Waals surface area contributed by atoms with E-state index in [1.54, 1.807) is 4.90 Å². The number of anilines is 1. The van der Waals surface area contributed by atoms with E-state index in [1.165, 1.54) is 0 Å². The summed E-state index contributed by atoms with van der Waals surface area (Å²) < 4.78 is 5.50. The number of likely N-dealkylation sites (tertiary alicyclic amines) is 1. The Morgan fingerprint density at radius 3 is 2.64 bits per heavy atom. The molecule has 1 aromatic rings. The fourth-order valence-corrected chi connectivity index (χ4v) is 3.47. The van der Waals surface area contributed by atoms with Gasteiger partial charge in [-0.05, 0) is 71.1 Å². The number of nitrogens with one attached hydrogen (secondary N) is 1. The van der Waals surface area contributed by atoms with Crippen LogP contribution in [0.1, 0.15) is 46.1 Å². The Morgan fingerprint density at radius 2 is 2.00 bits per heavy atom. The largest absolute Gasteiger partial charge is 0.444 e. The maximum Gasteiger partial charge on any atom is 0.410 e. The SMILES string of the molecule is Cc1cc(Cl)c(NC(C)C2CCCN(C(=O)OC(C)(C)C)C2)cc1Cl. The number of carbonyl (C=O) groups excluding carboxylic acids is 1. The second-order valence-electron chi connectivity index (χ2n) is 7.84. The van der Waals surface area contributed by atoms with Crippen LogP contribution in [0.25, 0.3) is 0 Å². The molecule has 0 radical (unpaired) electrons. The predicted octanol–water partition coefficient (Wildman–Crippen LogP) is 5.75. The highest BCUT2D eigenvalue weighted by atomic mass is 35.5. The monoisotopic (exact) mass is 386 g/mol. The highest BCUT2D eigenvalue weighted by Gasteiger charge is 2.30. The molecule has 25 heavy (non-hydrogen) atoms. The highest BCUT2D eigenvalue weighted by Crippen LogP contribution is 2.31. The molecule has 0 aromatic heterocycles. The van der Waals surface area contributed by atoms with Gasteiger partial charge in [0.1, 0.15) is 5.60 Å². The molecule has 1 N–H and O–H groups in total. The molecule has 2 atom stereocenters. The summed E-state index contributed by atoms with van der Waals surface area (Å²) in [6, 6.07) is 3.90. The lowest BCUT2D eigenvalue weighted by atomic mass is 9.91. The molecular weight excluding hydrogens is 359 g/mol. The first-order chi connectivity index (χ1) is 11.6. The molecule has 4 nitrogen and oxygen atoms in total. The Morgan fingerprint density at radius 1 is 1.32 bits per heavy atom. The van der Waals surface area contributed by atoms with E-state index in [0.29, 0.717) is 22.5 Å². The van der Waals surface area contributed by atoms with Gasteiger partial charge in [0, 0.05) is 24.2 Å². The predicted molar refractivity (Wildman–Crippen MR) is 105 cm³/mol. The minimum absolute atomic E-state index is 0.168. The molecule has 1 heterocycles.